The van der Waals surface area contributed by atoms with E-state index in [9.17, 15) is 14.7 Å². The molecular weight excluding hydrogens is 280 g/mol. The molecule has 0 spiro atoms. The van der Waals surface area contributed by atoms with Gasteiger partial charge in [0.2, 0.25) is 0 Å². The Balaban J connectivity index is 1.95. The number of thioether (sulfide) groups is 1. The fraction of sp³-hybridized carbons (Fsp3) is 0.846. The van der Waals surface area contributed by atoms with Gasteiger partial charge in [-0.3, -0.25) is 0 Å². The first-order valence-electron chi connectivity index (χ1n) is 7.12. The molecule has 3 N–H and O–H groups in total. The molecule has 1 aliphatic heterocycles. The first kappa shape index (κ1) is 15.4. The van der Waals surface area contributed by atoms with Gasteiger partial charge in [-0.05, 0) is 18.6 Å². The Morgan fingerprint density at radius 2 is 2.15 bits per heavy atom. The number of aliphatic hydroxyl groups excluding tert-OH is 1. The van der Waals surface area contributed by atoms with Gasteiger partial charge in [-0.1, -0.05) is 13.3 Å². The Morgan fingerprint density at radius 3 is 2.80 bits per heavy atom. The molecule has 1 saturated carbocycles. The standard InChI is InChI=1S/C13H22N2O4S/c1-2-20-11-5-3-4-9(11)14-13(19)15-7-8(16)6-10(15)12(17)18/h8-11,16H,2-7H2,1H3,(H,14,19)(H,17,18)/t8-,9?,10-,11?/m1/s1. The minimum atomic E-state index is -1.05. The number of carboxylic acids is 1. The quantitative estimate of drug-likeness (QED) is 0.717. The molecule has 0 radical (unpaired) electrons. The summed E-state index contributed by atoms with van der Waals surface area (Å²) in [6, 6.07) is -1.16. The molecule has 1 saturated heterocycles. The molecule has 2 unspecified atom stereocenters. The number of nitrogens with zero attached hydrogens (tertiary/aromatic N) is 1. The fourth-order valence-corrected chi connectivity index (χ4v) is 4.22. The second kappa shape index (κ2) is 6.67. The molecule has 1 heterocycles. The summed E-state index contributed by atoms with van der Waals surface area (Å²) in [5, 5.41) is 22.1. The summed E-state index contributed by atoms with van der Waals surface area (Å²) in [7, 11) is 0. The average molecular weight is 302 g/mol. The summed E-state index contributed by atoms with van der Waals surface area (Å²) in [6.45, 7) is 2.19. The second-order valence-corrected chi connectivity index (χ2v) is 6.89. The molecule has 2 rings (SSSR count). The molecule has 2 aliphatic rings. The molecule has 2 amide bonds. The molecule has 0 bridgehead atoms. The van der Waals surface area contributed by atoms with Crippen LogP contribution in [0.1, 0.15) is 32.6 Å². The van der Waals surface area contributed by atoms with Crippen LogP contribution in [0, 0.1) is 0 Å². The molecule has 4 atom stereocenters. The van der Waals surface area contributed by atoms with Gasteiger partial charge < -0.3 is 20.4 Å². The zero-order chi connectivity index (χ0) is 14.7. The average Bonchev–Trinajstić information content (AvgIpc) is 2.97. The Bertz CT molecular complexity index is 379. The third kappa shape index (κ3) is 3.38. The van der Waals surface area contributed by atoms with E-state index in [-0.39, 0.29) is 25.0 Å². The first-order chi connectivity index (χ1) is 9.52. The van der Waals surface area contributed by atoms with Crippen molar-refractivity contribution in [1.82, 2.24) is 10.2 Å². The van der Waals surface area contributed by atoms with Crippen LogP contribution < -0.4 is 5.32 Å². The number of carboxylic acid groups (broad SMARTS) is 1. The van der Waals surface area contributed by atoms with Gasteiger partial charge in [0.25, 0.3) is 0 Å². The van der Waals surface area contributed by atoms with E-state index in [4.69, 9.17) is 5.11 Å². The topological polar surface area (TPSA) is 89.9 Å². The van der Waals surface area contributed by atoms with E-state index in [2.05, 4.69) is 12.2 Å². The second-order valence-electron chi connectivity index (χ2n) is 5.38. The minimum Gasteiger partial charge on any atom is -0.480 e. The Morgan fingerprint density at radius 1 is 1.40 bits per heavy atom. The lowest BCUT2D eigenvalue weighted by Crippen LogP contribution is -2.50. The van der Waals surface area contributed by atoms with Crippen molar-refractivity contribution in [1.29, 1.82) is 0 Å². The number of hydrogen-bond donors (Lipinski definition) is 3. The van der Waals surface area contributed by atoms with E-state index in [0.29, 0.717) is 5.25 Å². The van der Waals surface area contributed by atoms with Gasteiger partial charge in [-0.25, -0.2) is 9.59 Å². The van der Waals surface area contributed by atoms with Crippen molar-refractivity contribution in [3.8, 4) is 0 Å². The number of hydrogen-bond acceptors (Lipinski definition) is 4. The number of likely N-dealkylation sites (tertiary alicyclic amines) is 1. The third-order valence-corrected chi connectivity index (χ3v) is 5.29. The van der Waals surface area contributed by atoms with E-state index in [1.807, 2.05) is 11.8 Å². The van der Waals surface area contributed by atoms with Crippen molar-refractivity contribution >= 4 is 23.8 Å². The highest BCUT2D eigenvalue weighted by Crippen LogP contribution is 2.30. The van der Waals surface area contributed by atoms with E-state index in [1.54, 1.807) is 0 Å². The van der Waals surface area contributed by atoms with Crippen LogP contribution in [0.15, 0.2) is 0 Å². The van der Waals surface area contributed by atoms with Crippen molar-refractivity contribution in [2.24, 2.45) is 0 Å². The van der Waals surface area contributed by atoms with E-state index >= 15 is 0 Å². The number of nitrogens with one attached hydrogen (secondary N) is 1. The van der Waals surface area contributed by atoms with Crippen LogP contribution in [0.3, 0.4) is 0 Å². The number of β-amino-alcohol motifs (C(OH)–C–C–N with tert-alkyl or cyclic N) is 1. The Hall–Kier alpha value is -0.950. The summed E-state index contributed by atoms with van der Waals surface area (Å²) < 4.78 is 0. The van der Waals surface area contributed by atoms with Crippen LogP contribution in [-0.2, 0) is 4.79 Å². The maximum Gasteiger partial charge on any atom is 0.326 e. The molecule has 7 heteroatoms. The van der Waals surface area contributed by atoms with E-state index in [0.717, 1.165) is 25.0 Å². The van der Waals surface area contributed by atoms with Crippen LogP contribution in [0.25, 0.3) is 0 Å². The molecule has 1 aliphatic carbocycles. The number of amides is 2. The van der Waals surface area contributed by atoms with Gasteiger partial charge in [0.05, 0.1) is 6.10 Å². The molecule has 6 nitrogen and oxygen atoms in total. The van der Waals surface area contributed by atoms with E-state index < -0.39 is 18.1 Å². The number of carbonyl (C=O) groups is 2. The van der Waals surface area contributed by atoms with Crippen molar-refractivity contribution in [2.75, 3.05) is 12.3 Å². The SMILES string of the molecule is CCSC1CCCC1NC(=O)N1C[C@H](O)C[C@@H]1C(=O)O. The zero-order valence-electron chi connectivity index (χ0n) is 11.6. The first-order valence-corrected chi connectivity index (χ1v) is 8.17. The minimum absolute atomic E-state index is 0.0983. The number of aliphatic hydroxyl groups is 1. The maximum absolute atomic E-state index is 12.2. The fourth-order valence-electron chi connectivity index (χ4n) is 3.02. The zero-order valence-corrected chi connectivity index (χ0v) is 12.4. The van der Waals surface area contributed by atoms with E-state index in [1.165, 1.54) is 4.90 Å². The van der Waals surface area contributed by atoms with Crippen molar-refractivity contribution in [3.05, 3.63) is 0 Å². The highest BCUT2D eigenvalue weighted by Gasteiger charge is 2.40. The predicted molar refractivity (Wildman–Crippen MR) is 76.8 cm³/mol. The van der Waals surface area contributed by atoms with Gasteiger partial charge in [-0.2, -0.15) is 11.8 Å². The highest BCUT2D eigenvalue weighted by atomic mass is 32.2. The summed E-state index contributed by atoms with van der Waals surface area (Å²) in [5.41, 5.74) is 0. The normalized spacial score (nSPS) is 33.4. The van der Waals surface area contributed by atoms with Crippen molar-refractivity contribution in [3.63, 3.8) is 0 Å². The van der Waals surface area contributed by atoms with Crippen LogP contribution in [0.2, 0.25) is 0 Å². The number of rotatable bonds is 4. The molecule has 0 aromatic heterocycles. The Labute approximate surface area is 122 Å². The van der Waals surface area contributed by atoms with Gasteiger partial charge in [-0.15, -0.1) is 0 Å². The van der Waals surface area contributed by atoms with Crippen molar-refractivity contribution in [2.45, 2.75) is 56.0 Å². The van der Waals surface area contributed by atoms with Crippen LogP contribution in [-0.4, -0.2) is 62.8 Å². The summed E-state index contributed by atoms with van der Waals surface area (Å²) in [4.78, 5) is 24.6. The summed E-state index contributed by atoms with van der Waals surface area (Å²) in [6.07, 6.45) is 2.49. The number of aliphatic carboxylic acids is 1. The Kier molecular flexibility index (Phi) is 5.15. The lowest BCUT2D eigenvalue weighted by molar-refractivity contribution is -0.141. The largest absolute Gasteiger partial charge is 0.480 e. The summed E-state index contributed by atoms with van der Waals surface area (Å²) >= 11 is 1.84. The maximum atomic E-state index is 12.2. The highest BCUT2D eigenvalue weighted by molar-refractivity contribution is 7.99. The molecule has 114 valence electrons. The summed E-state index contributed by atoms with van der Waals surface area (Å²) in [5.74, 6) is -0.0420. The van der Waals surface area contributed by atoms with Gasteiger partial charge >= 0.3 is 12.0 Å². The monoisotopic (exact) mass is 302 g/mol. The van der Waals surface area contributed by atoms with Gasteiger partial charge in [0, 0.05) is 24.3 Å². The van der Waals surface area contributed by atoms with Crippen LogP contribution in [0.5, 0.6) is 0 Å². The number of carbonyl (C=O) groups excluding carboxylic acids is 1. The molecular formula is C13H22N2O4S. The lowest BCUT2D eigenvalue weighted by Gasteiger charge is -2.26. The van der Waals surface area contributed by atoms with Crippen LogP contribution >= 0.6 is 11.8 Å². The van der Waals surface area contributed by atoms with Crippen molar-refractivity contribution < 1.29 is 19.8 Å². The van der Waals surface area contributed by atoms with Gasteiger partial charge in [0.15, 0.2) is 0 Å². The smallest absolute Gasteiger partial charge is 0.326 e. The van der Waals surface area contributed by atoms with Gasteiger partial charge in [0.1, 0.15) is 6.04 Å². The lowest BCUT2D eigenvalue weighted by atomic mass is 10.2. The number of urea groups is 1. The molecule has 0 aromatic carbocycles. The molecule has 2 fully saturated rings. The molecule has 0 aromatic rings. The molecule has 20 heavy (non-hydrogen) atoms. The third-order valence-electron chi connectivity index (χ3n) is 3.97. The van der Waals surface area contributed by atoms with Crippen LogP contribution in [0.4, 0.5) is 4.79 Å². The predicted octanol–water partition coefficient (Wildman–Crippen LogP) is 0.890.